The van der Waals surface area contributed by atoms with Crippen LogP contribution in [-0.4, -0.2) is 18.3 Å². The quantitative estimate of drug-likeness (QED) is 0.773. The van der Waals surface area contributed by atoms with Gasteiger partial charge in [-0.2, -0.15) is 0 Å². The molecule has 1 aliphatic heterocycles. The average Bonchev–Trinajstić information content (AvgIpc) is 2.68. The fourth-order valence-electron chi connectivity index (χ4n) is 1.76. The van der Waals surface area contributed by atoms with Gasteiger partial charge in [-0.3, -0.25) is 9.79 Å². The molecule has 1 saturated heterocycles. The number of ether oxygens (including phenoxy) is 1. The van der Waals surface area contributed by atoms with Crippen LogP contribution in [0.25, 0.3) is 0 Å². The predicted octanol–water partition coefficient (Wildman–Crippen LogP) is 3.31. The predicted molar refractivity (Wildman–Crippen MR) is 68.1 cm³/mol. The van der Waals surface area contributed by atoms with Crippen LogP contribution < -0.4 is 0 Å². The lowest BCUT2D eigenvalue weighted by Crippen LogP contribution is -1.94. The largest absolute Gasteiger partial charge is 0.459 e. The third-order valence-electron chi connectivity index (χ3n) is 2.59. The van der Waals surface area contributed by atoms with Gasteiger partial charge in [0.15, 0.2) is 0 Å². The van der Waals surface area contributed by atoms with Crippen LogP contribution in [0.5, 0.6) is 0 Å². The second kappa shape index (κ2) is 5.32. The number of nitrogens with zero attached hydrogens (tertiary/aromatic N) is 1. The van der Waals surface area contributed by atoms with Crippen molar-refractivity contribution >= 4 is 29.0 Å². The van der Waals surface area contributed by atoms with Crippen LogP contribution in [0.4, 0.5) is 5.69 Å². The molecular formula is C13H14ClNO2. The van der Waals surface area contributed by atoms with E-state index in [1.54, 1.807) is 0 Å². The number of esters is 1. The van der Waals surface area contributed by atoms with Gasteiger partial charge in [0, 0.05) is 5.02 Å². The first-order chi connectivity index (χ1) is 8.19. The Morgan fingerprint density at radius 3 is 2.88 bits per heavy atom. The molecular weight excluding hydrogens is 238 g/mol. The standard InChI is InChI=1S/C13H14ClNO2/c1-2-3-9-4-5-10(6-12(9)14)15-11-7-13(16)17-8-11/h4-6H,2-3,7-8H2,1H3. The summed E-state index contributed by atoms with van der Waals surface area (Å²) in [6.45, 7) is 2.42. The number of carbonyl (C=O) groups excluding carboxylic acids is 1. The number of aryl methyl sites for hydroxylation is 1. The van der Waals surface area contributed by atoms with E-state index >= 15 is 0 Å². The summed E-state index contributed by atoms with van der Waals surface area (Å²) in [6.07, 6.45) is 2.32. The van der Waals surface area contributed by atoms with Crippen LogP contribution in [0.1, 0.15) is 25.3 Å². The molecule has 0 saturated carbocycles. The summed E-state index contributed by atoms with van der Waals surface area (Å²) in [4.78, 5) is 15.3. The summed E-state index contributed by atoms with van der Waals surface area (Å²) in [5.41, 5.74) is 2.68. The average molecular weight is 252 g/mol. The molecule has 1 aliphatic rings. The molecule has 0 spiro atoms. The van der Waals surface area contributed by atoms with Crippen molar-refractivity contribution in [3.8, 4) is 0 Å². The van der Waals surface area contributed by atoms with E-state index in [2.05, 4.69) is 11.9 Å². The number of cyclic esters (lactones) is 1. The van der Waals surface area contributed by atoms with Gasteiger partial charge in [0.05, 0.1) is 17.8 Å². The fourth-order valence-corrected chi connectivity index (χ4v) is 2.03. The van der Waals surface area contributed by atoms with Crippen molar-refractivity contribution in [1.29, 1.82) is 0 Å². The summed E-state index contributed by atoms with van der Waals surface area (Å²) < 4.78 is 4.83. The Labute approximate surface area is 105 Å². The van der Waals surface area contributed by atoms with Crippen molar-refractivity contribution in [1.82, 2.24) is 0 Å². The minimum Gasteiger partial charge on any atom is -0.459 e. The first kappa shape index (κ1) is 12.1. The van der Waals surface area contributed by atoms with Gasteiger partial charge in [0.2, 0.25) is 0 Å². The SMILES string of the molecule is CCCc1ccc(N=C2COC(=O)C2)cc1Cl. The molecule has 17 heavy (non-hydrogen) atoms. The number of carbonyl (C=O) groups is 1. The van der Waals surface area contributed by atoms with Crippen LogP contribution in [0.2, 0.25) is 5.02 Å². The molecule has 90 valence electrons. The van der Waals surface area contributed by atoms with E-state index in [0.717, 1.165) is 34.8 Å². The summed E-state index contributed by atoms with van der Waals surface area (Å²) in [5.74, 6) is -0.211. The van der Waals surface area contributed by atoms with Gasteiger partial charge >= 0.3 is 5.97 Å². The van der Waals surface area contributed by atoms with Gasteiger partial charge in [-0.05, 0) is 24.1 Å². The van der Waals surface area contributed by atoms with Crippen LogP contribution in [0, 0.1) is 0 Å². The molecule has 0 bridgehead atoms. The molecule has 0 unspecified atom stereocenters. The number of hydrogen-bond donors (Lipinski definition) is 0. The zero-order valence-electron chi connectivity index (χ0n) is 9.70. The first-order valence-electron chi connectivity index (χ1n) is 5.69. The highest BCUT2D eigenvalue weighted by Crippen LogP contribution is 2.24. The van der Waals surface area contributed by atoms with E-state index in [9.17, 15) is 4.79 Å². The third kappa shape index (κ3) is 3.07. The minimum atomic E-state index is -0.211. The second-order valence-electron chi connectivity index (χ2n) is 4.04. The third-order valence-corrected chi connectivity index (χ3v) is 2.94. The van der Waals surface area contributed by atoms with Crippen LogP contribution >= 0.6 is 11.6 Å². The molecule has 0 aromatic heterocycles. The number of aliphatic imine (C=N–C) groups is 1. The van der Waals surface area contributed by atoms with Gasteiger partial charge in [-0.15, -0.1) is 0 Å². The topological polar surface area (TPSA) is 38.7 Å². The molecule has 0 aliphatic carbocycles. The lowest BCUT2D eigenvalue weighted by molar-refractivity contribution is -0.137. The van der Waals surface area contributed by atoms with Crippen molar-refractivity contribution in [2.45, 2.75) is 26.2 Å². The summed E-state index contributed by atoms with van der Waals surface area (Å²) >= 11 is 6.15. The maximum Gasteiger partial charge on any atom is 0.312 e. The Hall–Kier alpha value is -1.35. The minimum absolute atomic E-state index is 0.211. The fraction of sp³-hybridized carbons (Fsp3) is 0.385. The maximum atomic E-state index is 10.9. The highest BCUT2D eigenvalue weighted by atomic mass is 35.5. The molecule has 4 heteroatoms. The highest BCUT2D eigenvalue weighted by molar-refractivity contribution is 6.31. The molecule has 3 nitrogen and oxygen atoms in total. The lowest BCUT2D eigenvalue weighted by Gasteiger charge is -2.03. The molecule has 1 heterocycles. The number of hydrogen-bond acceptors (Lipinski definition) is 3. The Morgan fingerprint density at radius 1 is 1.47 bits per heavy atom. The smallest absolute Gasteiger partial charge is 0.312 e. The van der Waals surface area contributed by atoms with Crippen molar-refractivity contribution in [3.05, 3.63) is 28.8 Å². The number of benzene rings is 1. The number of rotatable bonds is 3. The monoisotopic (exact) mass is 251 g/mol. The second-order valence-corrected chi connectivity index (χ2v) is 4.45. The summed E-state index contributed by atoms with van der Waals surface area (Å²) in [5, 5.41) is 0.735. The molecule has 2 rings (SSSR count). The maximum absolute atomic E-state index is 10.9. The molecule has 0 N–H and O–H groups in total. The Bertz CT molecular complexity index is 468. The zero-order valence-corrected chi connectivity index (χ0v) is 10.5. The Kier molecular flexibility index (Phi) is 3.79. The Morgan fingerprint density at radius 2 is 2.29 bits per heavy atom. The van der Waals surface area contributed by atoms with E-state index in [1.165, 1.54) is 0 Å². The van der Waals surface area contributed by atoms with Gasteiger partial charge in [-0.25, -0.2) is 0 Å². The van der Waals surface area contributed by atoms with Gasteiger partial charge in [0.25, 0.3) is 0 Å². The molecule has 0 radical (unpaired) electrons. The summed E-state index contributed by atoms with van der Waals surface area (Å²) in [6, 6.07) is 5.75. The normalized spacial score (nSPS) is 17.5. The van der Waals surface area contributed by atoms with E-state index < -0.39 is 0 Å². The zero-order chi connectivity index (χ0) is 12.3. The summed E-state index contributed by atoms with van der Waals surface area (Å²) in [7, 11) is 0. The van der Waals surface area contributed by atoms with Crippen LogP contribution in [-0.2, 0) is 16.0 Å². The molecule has 0 atom stereocenters. The molecule has 1 aromatic carbocycles. The van der Waals surface area contributed by atoms with Crippen molar-refractivity contribution < 1.29 is 9.53 Å². The van der Waals surface area contributed by atoms with Crippen molar-refractivity contribution in [3.63, 3.8) is 0 Å². The van der Waals surface area contributed by atoms with Gasteiger partial charge < -0.3 is 4.74 Å². The van der Waals surface area contributed by atoms with Gasteiger partial charge in [-0.1, -0.05) is 31.0 Å². The van der Waals surface area contributed by atoms with E-state index in [0.29, 0.717) is 6.61 Å². The highest BCUT2D eigenvalue weighted by Gasteiger charge is 2.18. The Balaban J connectivity index is 2.17. The van der Waals surface area contributed by atoms with E-state index in [1.807, 2.05) is 18.2 Å². The van der Waals surface area contributed by atoms with Crippen molar-refractivity contribution in [2.24, 2.45) is 4.99 Å². The first-order valence-corrected chi connectivity index (χ1v) is 6.07. The molecule has 1 fully saturated rings. The molecule has 1 aromatic rings. The van der Waals surface area contributed by atoms with Crippen molar-refractivity contribution in [2.75, 3.05) is 6.61 Å². The van der Waals surface area contributed by atoms with Crippen LogP contribution in [0.15, 0.2) is 23.2 Å². The number of halogens is 1. The van der Waals surface area contributed by atoms with E-state index in [-0.39, 0.29) is 12.4 Å². The van der Waals surface area contributed by atoms with E-state index in [4.69, 9.17) is 16.3 Å². The van der Waals surface area contributed by atoms with Crippen LogP contribution in [0.3, 0.4) is 0 Å². The lowest BCUT2D eigenvalue weighted by atomic mass is 10.1. The molecule has 0 amide bonds. The van der Waals surface area contributed by atoms with Gasteiger partial charge in [0.1, 0.15) is 6.61 Å².